The molecule has 1 atom stereocenters. The second-order valence-corrected chi connectivity index (χ2v) is 7.88. The van der Waals surface area contributed by atoms with Crippen LogP contribution in [0.15, 0.2) is 17.0 Å². The van der Waals surface area contributed by atoms with Crippen LogP contribution in [0.3, 0.4) is 0 Å². The van der Waals surface area contributed by atoms with Crippen LogP contribution in [0.1, 0.15) is 24.8 Å². The van der Waals surface area contributed by atoms with E-state index in [1.807, 2.05) is 0 Å². The second kappa shape index (κ2) is 7.57. The molecule has 7 nitrogen and oxygen atoms in total. The molecule has 23 heavy (non-hydrogen) atoms. The summed E-state index contributed by atoms with van der Waals surface area (Å²) in [5.41, 5.74) is -0.0433. The number of hydrogen-bond acceptors (Lipinski definition) is 5. The lowest BCUT2D eigenvalue weighted by Gasteiger charge is -2.22. The summed E-state index contributed by atoms with van der Waals surface area (Å²) in [6.07, 6.45) is 2.90. The van der Waals surface area contributed by atoms with Gasteiger partial charge in [-0.05, 0) is 51.3 Å². The predicted molar refractivity (Wildman–Crippen MR) is 88.2 cm³/mol. The van der Waals surface area contributed by atoms with E-state index in [-0.39, 0.29) is 21.2 Å². The number of nitrogens with one attached hydrogen (secondary N) is 2. The van der Waals surface area contributed by atoms with Crippen LogP contribution in [0.2, 0.25) is 5.02 Å². The van der Waals surface area contributed by atoms with Gasteiger partial charge in [0.2, 0.25) is 10.0 Å². The highest BCUT2D eigenvalue weighted by Crippen LogP contribution is 2.29. The minimum atomic E-state index is -3.82. The number of nitro groups is 1. The van der Waals surface area contributed by atoms with E-state index in [1.54, 1.807) is 0 Å². The maximum atomic E-state index is 12.3. The maximum absolute atomic E-state index is 12.3. The fourth-order valence-electron chi connectivity index (χ4n) is 2.64. The number of piperidine rings is 1. The molecule has 1 aliphatic heterocycles. The number of sulfonamides is 1. The van der Waals surface area contributed by atoms with E-state index in [9.17, 15) is 18.5 Å². The van der Waals surface area contributed by atoms with Crippen LogP contribution in [0.5, 0.6) is 0 Å². The Morgan fingerprint density at radius 3 is 2.83 bits per heavy atom. The average Bonchev–Trinajstić information content (AvgIpc) is 2.50. The van der Waals surface area contributed by atoms with Crippen LogP contribution in [0, 0.1) is 23.0 Å². The molecule has 0 aromatic heterocycles. The standard InChI is InChI=1S/C14H20ClN3O4S/c1-10-13(15)7-12(8-14(10)18(19)20)23(21,22)17-6-4-11-3-2-5-16-9-11/h7-8,11,16-17H,2-6,9H2,1H3. The van der Waals surface area contributed by atoms with Gasteiger partial charge < -0.3 is 5.32 Å². The van der Waals surface area contributed by atoms with Gasteiger partial charge in [-0.3, -0.25) is 10.1 Å². The fourth-order valence-corrected chi connectivity index (χ4v) is 4.01. The van der Waals surface area contributed by atoms with Crippen molar-refractivity contribution in [3.63, 3.8) is 0 Å². The van der Waals surface area contributed by atoms with Gasteiger partial charge >= 0.3 is 0 Å². The van der Waals surface area contributed by atoms with Gasteiger partial charge in [-0.15, -0.1) is 0 Å². The van der Waals surface area contributed by atoms with Crippen LogP contribution in [-0.4, -0.2) is 33.0 Å². The number of hydrogen-bond donors (Lipinski definition) is 2. The number of nitro benzene ring substituents is 1. The molecule has 128 valence electrons. The number of halogens is 1. The zero-order valence-electron chi connectivity index (χ0n) is 12.8. The molecular formula is C14H20ClN3O4S. The first kappa shape index (κ1) is 18.1. The van der Waals surface area contributed by atoms with E-state index in [4.69, 9.17) is 11.6 Å². The number of nitrogens with zero attached hydrogens (tertiary/aromatic N) is 1. The minimum Gasteiger partial charge on any atom is -0.316 e. The largest absolute Gasteiger partial charge is 0.316 e. The van der Waals surface area contributed by atoms with E-state index >= 15 is 0 Å². The molecule has 1 aromatic rings. The first-order chi connectivity index (χ1) is 10.8. The van der Waals surface area contributed by atoms with Crippen LogP contribution in [-0.2, 0) is 10.0 Å². The number of rotatable bonds is 6. The van der Waals surface area contributed by atoms with Crippen molar-refractivity contribution in [1.29, 1.82) is 0 Å². The molecule has 1 saturated heterocycles. The molecule has 0 bridgehead atoms. The Labute approximate surface area is 140 Å². The highest BCUT2D eigenvalue weighted by atomic mass is 35.5. The van der Waals surface area contributed by atoms with Gasteiger partial charge in [-0.1, -0.05) is 11.6 Å². The van der Waals surface area contributed by atoms with Crippen molar-refractivity contribution in [2.45, 2.75) is 31.1 Å². The molecule has 1 heterocycles. The molecule has 0 aliphatic carbocycles. The predicted octanol–water partition coefficient (Wildman–Crippen LogP) is 2.22. The van der Waals surface area contributed by atoms with E-state index in [0.29, 0.717) is 12.5 Å². The Balaban J connectivity index is 2.08. The summed E-state index contributed by atoms with van der Waals surface area (Å²) < 4.78 is 27.1. The molecule has 9 heteroatoms. The Morgan fingerprint density at radius 1 is 1.48 bits per heavy atom. The zero-order valence-corrected chi connectivity index (χ0v) is 14.4. The summed E-state index contributed by atoms with van der Waals surface area (Å²) in [4.78, 5) is 10.2. The summed E-state index contributed by atoms with van der Waals surface area (Å²) in [5.74, 6) is 0.447. The first-order valence-corrected chi connectivity index (χ1v) is 9.32. The van der Waals surface area contributed by atoms with Gasteiger partial charge in [0, 0.05) is 18.2 Å². The van der Waals surface area contributed by atoms with Crippen LogP contribution >= 0.6 is 11.6 Å². The third-order valence-electron chi connectivity index (χ3n) is 4.04. The molecular weight excluding hydrogens is 342 g/mol. The molecule has 2 rings (SSSR count). The van der Waals surface area contributed by atoms with E-state index in [2.05, 4.69) is 10.0 Å². The first-order valence-electron chi connectivity index (χ1n) is 7.46. The van der Waals surface area contributed by atoms with Gasteiger partial charge in [0.05, 0.1) is 14.8 Å². The SMILES string of the molecule is Cc1c(Cl)cc(S(=O)(=O)NCCC2CCCNC2)cc1[N+](=O)[O-]. The average molecular weight is 362 g/mol. The molecule has 1 aliphatic rings. The maximum Gasteiger partial charge on any atom is 0.275 e. The van der Waals surface area contributed by atoms with Gasteiger partial charge in [0.15, 0.2) is 0 Å². The summed E-state index contributed by atoms with van der Waals surface area (Å²) >= 11 is 5.92. The van der Waals surface area contributed by atoms with Crippen LogP contribution in [0.4, 0.5) is 5.69 Å². The molecule has 1 aromatic carbocycles. The number of benzene rings is 1. The van der Waals surface area contributed by atoms with Gasteiger partial charge in [0.25, 0.3) is 5.69 Å². The fraction of sp³-hybridized carbons (Fsp3) is 0.571. The third kappa shape index (κ3) is 4.63. The Hall–Kier alpha value is -1.22. The molecule has 0 saturated carbocycles. The second-order valence-electron chi connectivity index (χ2n) is 5.71. The van der Waals surface area contributed by atoms with Crippen LogP contribution in [0.25, 0.3) is 0 Å². The van der Waals surface area contributed by atoms with E-state index in [1.165, 1.54) is 13.0 Å². The summed E-state index contributed by atoms with van der Waals surface area (Å²) in [5, 5.41) is 14.3. The summed E-state index contributed by atoms with van der Waals surface area (Å²) in [6, 6.07) is 2.29. The van der Waals surface area contributed by atoms with Crippen molar-refractivity contribution >= 4 is 27.3 Å². The zero-order chi connectivity index (χ0) is 17.0. The summed E-state index contributed by atoms with van der Waals surface area (Å²) in [6.45, 7) is 3.69. The van der Waals surface area contributed by atoms with Crippen molar-refractivity contribution in [2.75, 3.05) is 19.6 Å². The molecule has 2 N–H and O–H groups in total. The monoisotopic (exact) mass is 361 g/mol. The van der Waals surface area contributed by atoms with E-state index < -0.39 is 14.9 Å². The van der Waals surface area contributed by atoms with Crippen molar-refractivity contribution in [2.24, 2.45) is 5.92 Å². The van der Waals surface area contributed by atoms with Gasteiger partial charge in [0.1, 0.15) is 0 Å². The highest BCUT2D eigenvalue weighted by Gasteiger charge is 2.22. The van der Waals surface area contributed by atoms with E-state index in [0.717, 1.165) is 38.4 Å². The van der Waals surface area contributed by atoms with Crippen molar-refractivity contribution < 1.29 is 13.3 Å². The minimum absolute atomic E-state index is 0.0658. The molecule has 1 fully saturated rings. The highest BCUT2D eigenvalue weighted by molar-refractivity contribution is 7.89. The Morgan fingerprint density at radius 2 is 2.22 bits per heavy atom. The lowest BCUT2D eigenvalue weighted by atomic mass is 9.96. The normalized spacial score (nSPS) is 18.8. The van der Waals surface area contributed by atoms with Crippen molar-refractivity contribution in [3.8, 4) is 0 Å². The molecule has 0 amide bonds. The lowest BCUT2D eigenvalue weighted by molar-refractivity contribution is -0.385. The van der Waals surface area contributed by atoms with Gasteiger partial charge in [-0.2, -0.15) is 0 Å². The van der Waals surface area contributed by atoms with Gasteiger partial charge in [-0.25, -0.2) is 13.1 Å². The Bertz CT molecular complexity index is 688. The quantitative estimate of drug-likeness (QED) is 0.597. The molecule has 0 spiro atoms. The third-order valence-corrected chi connectivity index (χ3v) is 5.87. The molecule has 0 radical (unpaired) electrons. The topological polar surface area (TPSA) is 101 Å². The van der Waals surface area contributed by atoms with Crippen molar-refractivity contribution in [3.05, 3.63) is 32.8 Å². The Kier molecular flexibility index (Phi) is 5.96. The lowest BCUT2D eigenvalue weighted by Crippen LogP contribution is -2.33. The van der Waals surface area contributed by atoms with Crippen LogP contribution < -0.4 is 10.0 Å². The van der Waals surface area contributed by atoms with Crippen molar-refractivity contribution in [1.82, 2.24) is 10.0 Å². The summed E-state index contributed by atoms with van der Waals surface area (Å²) in [7, 11) is -3.82. The molecule has 1 unspecified atom stereocenters. The smallest absolute Gasteiger partial charge is 0.275 e.